The van der Waals surface area contributed by atoms with Crippen molar-refractivity contribution < 1.29 is 23.7 Å². The van der Waals surface area contributed by atoms with Gasteiger partial charge >= 0.3 is 5.97 Å². The third-order valence-corrected chi connectivity index (χ3v) is 1.56. The molecule has 90 valence electrons. The van der Waals surface area contributed by atoms with E-state index in [1.165, 1.54) is 0 Å². The summed E-state index contributed by atoms with van der Waals surface area (Å²) in [7, 11) is 0. The van der Waals surface area contributed by atoms with Gasteiger partial charge in [-0.1, -0.05) is 0 Å². The zero-order valence-electron chi connectivity index (χ0n) is 9.65. The molecule has 0 aliphatic carbocycles. The van der Waals surface area contributed by atoms with Gasteiger partial charge in [-0.25, -0.2) is 0 Å². The van der Waals surface area contributed by atoms with Crippen LogP contribution in [-0.4, -0.2) is 45.3 Å². The van der Waals surface area contributed by atoms with Gasteiger partial charge in [-0.3, -0.25) is 0 Å². The van der Waals surface area contributed by atoms with Crippen LogP contribution in [0.25, 0.3) is 0 Å². The first kappa shape index (κ1) is 14.5. The van der Waals surface area contributed by atoms with Crippen LogP contribution >= 0.6 is 0 Å². The van der Waals surface area contributed by atoms with Gasteiger partial charge in [0.25, 0.3) is 0 Å². The number of hydrogen-bond acceptors (Lipinski definition) is 5. The van der Waals surface area contributed by atoms with Crippen LogP contribution in [0.4, 0.5) is 0 Å². The van der Waals surface area contributed by atoms with E-state index in [4.69, 9.17) is 18.9 Å². The Kier molecular flexibility index (Phi) is 8.50. The average Bonchev–Trinajstić information content (AvgIpc) is 2.19. The van der Waals surface area contributed by atoms with Gasteiger partial charge in [-0.2, -0.15) is 0 Å². The van der Waals surface area contributed by atoms with Gasteiger partial charge in [0.15, 0.2) is 0 Å². The molecule has 0 aliphatic rings. The van der Waals surface area contributed by atoms with Crippen molar-refractivity contribution in [1.82, 2.24) is 0 Å². The molecule has 5 heteroatoms. The Balaban J connectivity index is 4.24. The standard InChI is InChI=1S/C10H20O5/c1-4-13-10(14-5-2,15-6-3)9-12-8-7-11/h7H,4-6,8-9H2,1-3H3. The van der Waals surface area contributed by atoms with Crippen LogP contribution in [0.5, 0.6) is 0 Å². The zero-order chi connectivity index (χ0) is 11.6. The highest BCUT2D eigenvalue weighted by Gasteiger charge is 2.32. The van der Waals surface area contributed by atoms with E-state index < -0.39 is 5.97 Å². The molecule has 0 saturated carbocycles. The summed E-state index contributed by atoms with van der Waals surface area (Å²) in [6.45, 7) is 6.96. The molecule has 0 heterocycles. The molecule has 0 N–H and O–H groups in total. The Hall–Kier alpha value is -0.490. The van der Waals surface area contributed by atoms with Crippen LogP contribution in [-0.2, 0) is 23.7 Å². The molecule has 15 heavy (non-hydrogen) atoms. The zero-order valence-corrected chi connectivity index (χ0v) is 9.65. The van der Waals surface area contributed by atoms with Crippen molar-refractivity contribution >= 4 is 6.29 Å². The minimum atomic E-state index is -1.18. The normalized spacial score (nSPS) is 11.7. The second kappa shape index (κ2) is 8.79. The smallest absolute Gasteiger partial charge is 0.307 e. The molecule has 0 spiro atoms. The molecule has 0 saturated heterocycles. The van der Waals surface area contributed by atoms with Crippen LogP contribution in [0.2, 0.25) is 0 Å². The van der Waals surface area contributed by atoms with Gasteiger partial charge in [0.05, 0.1) is 0 Å². The highest BCUT2D eigenvalue weighted by atomic mass is 16.9. The molecule has 0 fully saturated rings. The minimum absolute atomic E-state index is 0.00890. The van der Waals surface area contributed by atoms with E-state index in [2.05, 4.69) is 0 Å². The summed E-state index contributed by atoms with van der Waals surface area (Å²) in [6, 6.07) is 0. The second-order valence-electron chi connectivity index (χ2n) is 2.66. The summed E-state index contributed by atoms with van der Waals surface area (Å²) in [5.41, 5.74) is 0. The quantitative estimate of drug-likeness (QED) is 0.312. The van der Waals surface area contributed by atoms with Crippen LogP contribution in [0.3, 0.4) is 0 Å². The van der Waals surface area contributed by atoms with Crippen molar-refractivity contribution in [2.75, 3.05) is 33.0 Å². The van der Waals surface area contributed by atoms with Gasteiger partial charge in [-0.15, -0.1) is 0 Å². The van der Waals surface area contributed by atoms with Gasteiger partial charge in [0.2, 0.25) is 0 Å². The summed E-state index contributed by atoms with van der Waals surface area (Å²) >= 11 is 0. The number of rotatable bonds is 10. The van der Waals surface area contributed by atoms with Gasteiger partial charge in [0.1, 0.15) is 19.5 Å². The number of hydrogen-bond donors (Lipinski definition) is 0. The molecule has 0 radical (unpaired) electrons. The minimum Gasteiger partial charge on any atom is -0.366 e. The number of aldehydes is 1. The SMILES string of the molecule is CCOC(COCC=O)(OCC)OCC. The van der Waals surface area contributed by atoms with Crippen molar-refractivity contribution in [1.29, 1.82) is 0 Å². The van der Waals surface area contributed by atoms with Crippen molar-refractivity contribution in [3.05, 3.63) is 0 Å². The summed E-state index contributed by atoms with van der Waals surface area (Å²) in [4.78, 5) is 10.1. The highest BCUT2D eigenvalue weighted by molar-refractivity contribution is 5.50. The molecular weight excluding hydrogens is 200 g/mol. The lowest BCUT2D eigenvalue weighted by atomic mass is 10.5. The highest BCUT2D eigenvalue weighted by Crippen LogP contribution is 2.16. The summed E-state index contributed by atoms with van der Waals surface area (Å²) in [5.74, 6) is -1.18. The Bertz CT molecular complexity index is 143. The topological polar surface area (TPSA) is 54.0 Å². The van der Waals surface area contributed by atoms with Crippen LogP contribution in [0, 0.1) is 0 Å². The Morgan fingerprint density at radius 3 is 1.80 bits per heavy atom. The number of carbonyl (C=O) groups excluding carboxylic acids is 1. The van der Waals surface area contributed by atoms with Crippen molar-refractivity contribution in [3.63, 3.8) is 0 Å². The number of ether oxygens (including phenoxy) is 4. The average molecular weight is 220 g/mol. The van der Waals surface area contributed by atoms with E-state index in [9.17, 15) is 4.79 Å². The molecule has 0 unspecified atom stereocenters. The predicted molar refractivity (Wildman–Crippen MR) is 54.5 cm³/mol. The van der Waals surface area contributed by atoms with E-state index in [1.807, 2.05) is 20.8 Å². The lowest BCUT2D eigenvalue weighted by Gasteiger charge is -2.31. The summed E-state index contributed by atoms with van der Waals surface area (Å²) in [6.07, 6.45) is 0.675. The summed E-state index contributed by atoms with van der Waals surface area (Å²) < 4.78 is 21.2. The largest absolute Gasteiger partial charge is 0.366 e. The molecule has 0 aromatic heterocycles. The first-order chi connectivity index (χ1) is 7.24. The molecule has 0 amide bonds. The maximum atomic E-state index is 10.1. The number of carbonyl (C=O) groups is 1. The van der Waals surface area contributed by atoms with Crippen molar-refractivity contribution in [2.24, 2.45) is 0 Å². The van der Waals surface area contributed by atoms with E-state index >= 15 is 0 Å². The van der Waals surface area contributed by atoms with E-state index in [1.54, 1.807) is 0 Å². The fourth-order valence-electron chi connectivity index (χ4n) is 1.14. The monoisotopic (exact) mass is 220 g/mol. The Labute approximate surface area is 90.6 Å². The first-order valence-corrected chi connectivity index (χ1v) is 5.17. The van der Waals surface area contributed by atoms with Crippen LogP contribution in [0.1, 0.15) is 20.8 Å². The Morgan fingerprint density at radius 1 is 1.00 bits per heavy atom. The lowest BCUT2D eigenvalue weighted by molar-refractivity contribution is -0.390. The predicted octanol–water partition coefficient (Wildman–Crippen LogP) is 0.965. The van der Waals surface area contributed by atoms with E-state index in [0.29, 0.717) is 26.1 Å². The molecular formula is C10H20O5. The Morgan fingerprint density at radius 2 is 1.47 bits per heavy atom. The fraction of sp³-hybridized carbons (Fsp3) is 0.900. The maximum Gasteiger partial charge on any atom is 0.307 e. The summed E-state index contributed by atoms with van der Waals surface area (Å²) in [5, 5.41) is 0. The van der Waals surface area contributed by atoms with Crippen molar-refractivity contribution in [2.45, 2.75) is 26.7 Å². The molecule has 0 aromatic carbocycles. The lowest BCUT2D eigenvalue weighted by Crippen LogP contribution is -2.44. The third-order valence-electron chi connectivity index (χ3n) is 1.56. The van der Waals surface area contributed by atoms with Gasteiger partial charge in [0, 0.05) is 19.8 Å². The third kappa shape index (κ3) is 5.84. The van der Waals surface area contributed by atoms with Crippen molar-refractivity contribution in [3.8, 4) is 0 Å². The maximum absolute atomic E-state index is 10.1. The van der Waals surface area contributed by atoms with E-state index in [0.717, 1.165) is 0 Å². The molecule has 0 bridgehead atoms. The van der Waals surface area contributed by atoms with Crippen LogP contribution in [0.15, 0.2) is 0 Å². The van der Waals surface area contributed by atoms with Gasteiger partial charge < -0.3 is 23.7 Å². The molecule has 0 atom stereocenters. The first-order valence-electron chi connectivity index (χ1n) is 5.17. The second-order valence-corrected chi connectivity index (χ2v) is 2.66. The molecule has 0 aliphatic heterocycles. The molecule has 0 aromatic rings. The van der Waals surface area contributed by atoms with Gasteiger partial charge in [-0.05, 0) is 20.8 Å². The van der Waals surface area contributed by atoms with Crippen LogP contribution < -0.4 is 0 Å². The van der Waals surface area contributed by atoms with E-state index in [-0.39, 0.29) is 13.2 Å². The fourth-order valence-corrected chi connectivity index (χ4v) is 1.14. The molecule has 5 nitrogen and oxygen atoms in total. The molecule has 0 rings (SSSR count).